The molecule has 22 heavy (non-hydrogen) atoms. The molecule has 0 aliphatic carbocycles. The van der Waals surface area contributed by atoms with E-state index in [0.29, 0.717) is 11.3 Å². The minimum Gasteiger partial charge on any atom is -0.477 e. The standard InChI is InChI=1S/C14H13N3O3S2/c15-10-12(18)17-11(14(19)20)8(7-22-13(10)17)3-5-21-9-2-1-4-16-6-9/h1-6,10,13H,7,15H2,(H,19,20)/t10?,13-/m0/s1. The Balaban J connectivity index is 1.81. The van der Waals surface area contributed by atoms with Crippen molar-refractivity contribution < 1.29 is 14.7 Å². The van der Waals surface area contributed by atoms with Gasteiger partial charge in [-0.15, -0.1) is 11.8 Å². The number of hydrogen-bond donors (Lipinski definition) is 2. The fraction of sp³-hybridized carbons (Fsp3) is 0.214. The van der Waals surface area contributed by atoms with Crippen molar-refractivity contribution in [1.29, 1.82) is 0 Å². The first kappa shape index (κ1) is 15.1. The Hall–Kier alpha value is -1.77. The predicted molar refractivity (Wildman–Crippen MR) is 85.0 cm³/mol. The van der Waals surface area contributed by atoms with E-state index < -0.39 is 12.0 Å². The van der Waals surface area contributed by atoms with Gasteiger partial charge in [-0.3, -0.25) is 14.7 Å². The number of aromatic nitrogens is 1. The molecular weight excluding hydrogens is 322 g/mol. The van der Waals surface area contributed by atoms with Crippen molar-refractivity contribution in [3.8, 4) is 0 Å². The van der Waals surface area contributed by atoms with Crippen LogP contribution < -0.4 is 5.73 Å². The molecule has 1 saturated heterocycles. The second-order valence-corrected chi connectivity index (χ2v) is 6.81. The lowest BCUT2D eigenvalue weighted by Crippen LogP contribution is -2.68. The van der Waals surface area contributed by atoms with Gasteiger partial charge in [-0.2, -0.15) is 0 Å². The maximum Gasteiger partial charge on any atom is 0.352 e. The van der Waals surface area contributed by atoms with Crippen LogP contribution in [-0.4, -0.2) is 44.0 Å². The summed E-state index contributed by atoms with van der Waals surface area (Å²) in [5, 5.41) is 10.9. The number of allylic oxidation sites excluding steroid dienone is 1. The summed E-state index contributed by atoms with van der Waals surface area (Å²) >= 11 is 2.93. The molecule has 0 spiro atoms. The Morgan fingerprint density at radius 1 is 1.59 bits per heavy atom. The van der Waals surface area contributed by atoms with Crippen molar-refractivity contribution in [1.82, 2.24) is 9.88 Å². The summed E-state index contributed by atoms with van der Waals surface area (Å²) in [6, 6.07) is 3.15. The summed E-state index contributed by atoms with van der Waals surface area (Å²) in [6.45, 7) is 0. The molecule has 6 nitrogen and oxygen atoms in total. The van der Waals surface area contributed by atoms with Gasteiger partial charge in [0, 0.05) is 23.0 Å². The van der Waals surface area contributed by atoms with Crippen LogP contribution in [0.1, 0.15) is 0 Å². The second kappa shape index (κ2) is 6.15. The monoisotopic (exact) mass is 335 g/mol. The lowest BCUT2D eigenvalue weighted by Gasteiger charge is -2.47. The average Bonchev–Trinajstić information content (AvgIpc) is 2.54. The number of aliphatic carboxylic acids is 1. The van der Waals surface area contributed by atoms with Gasteiger partial charge in [-0.05, 0) is 29.2 Å². The van der Waals surface area contributed by atoms with E-state index in [1.807, 2.05) is 12.1 Å². The van der Waals surface area contributed by atoms with Crippen molar-refractivity contribution in [2.45, 2.75) is 16.3 Å². The molecule has 8 heteroatoms. The number of nitrogens with two attached hydrogens (primary N) is 1. The molecule has 2 aliphatic heterocycles. The molecule has 3 N–H and O–H groups in total. The minimum absolute atomic E-state index is 0.0403. The van der Waals surface area contributed by atoms with Crippen LogP contribution in [0.3, 0.4) is 0 Å². The molecule has 0 saturated carbocycles. The van der Waals surface area contributed by atoms with Crippen molar-refractivity contribution in [2.24, 2.45) is 5.73 Å². The maximum atomic E-state index is 11.8. The molecule has 1 amide bonds. The fourth-order valence-corrected chi connectivity index (χ4v) is 4.21. The van der Waals surface area contributed by atoms with Gasteiger partial charge in [0.1, 0.15) is 17.1 Å². The number of carboxylic acids is 1. The number of nitrogens with zero attached hydrogens (tertiary/aromatic N) is 2. The van der Waals surface area contributed by atoms with E-state index in [9.17, 15) is 14.7 Å². The summed E-state index contributed by atoms with van der Waals surface area (Å²) in [6.07, 6.45) is 5.15. The van der Waals surface area contributed by atoms with Crippen molar-refractivity contribution in [3.05, 3.63) is 47.3 Å². The van der Waals surface area contributed by atoms with Gasteiger partial charge >= 0.3 is 5.97 Å². The van der Waals surface area contributed by atoms with E-state index >= 15 is 0 Å². The number of thioether (sulfide) groups is 2. The number of hydrogen-bond acceptors (Lipinski definition) is 6. The third-order valence-corrected chi connectivity index (χ3v) is 5.46. The molecule has 3 rings (SSSR count). The fourth-order valence-electron chi connectivity index (χ4n) is 2.28. The van der Waals surface area contributed by atoms with Crippen LogP contribution >= 0.6 is 23.5 Å². The summed E-state index contributed by atoms with van der Waals surface area (Å²) in [5.74, 6) is -0.912. The molecule has 1 aromatic rings. The smallest absolute Gasteiger partial charge is 0.352 e. The first-order valence-electron chi connectivity index (χ1n) is 6.49. The van der Waals surface area contributed by atoms with Gasteiger partial charge in [-0.25, -0.2) is 4.79 Å². The third-order valence-electron chi connectivity index (χ3n) is 3.35. The SMILES string of the molecule is NC1C(=O)N2C(C(=O)O)=C(C=CSc3cccnc3)CS[C@@H]12. The third kappa shape index (κ3) is 2.65. The van der Waals surface area contributed by atoms with Gasteiger partial charge in [-0.1, -0.05) is 11.8 Å². The highest BCUT2D eigenvalue weighted by Gasteiger charge is 2.51. The molecule has 2 aliphatic rings. The summed E-state index contributed by atoms with van der Waals surface area (Å²) < 4.78 is 0. The Morgan fingerprint density at radius 3 is 3.09 bits per heavy atom. The number of carbonyl (C=O) groups is 2. The van der Waals surface area contributed by atoms with E-state index in [4.69, 9.17) is 5.73 Å². The first-order valence-corrected chi connectivity index (χ1v) is 8.42. The molecule has 1 aromatic heterocycles. The molecule has 0 bridgehead atoms. The van der Waals surface area contributed by atoms with E-state index in [-0.39, 0.29) is 17.0 Å². The Morgan fingerprint density at radius 2 is 2.41 bits per heavy atom. The second-order valence-electron chi connectivity index (χ2n) is 4.72. The quantitative estimate of drug-likeness (QED) is 0.632. The van der Waals surface area contributed by atoms with Crippen molar-refractivity contribution in [3.63, 3.8) is 0 Å². The topological polar surface area (TPSA) is 96.5 Å². The number of β-lactam (4-membered cyclic amide) rings is 1. The maximum absolute atomic E-state index is 11.8. The summed E-state index contributed by atoms with van der Waals surface area (Å²) in [5.41, 5.74) is 6.36. The zero-order valence-electron chi connectivity index (χ0n) is 11.4. The highest BCUT2D eigenvalue weighted by Crippen LogP contribution is 2.40. The van der Waals surface area contributed by atoms with Gasteiger partial charge in [0.05, 0.1) is 0 Å². The number of rotatable bonds is 4. The Kier molecular flexibility index (Phi) is 4.23. The summed E-state index contributed by atoms with van der Waals surface area (Å²) in [4.78, 5) is 29.5. The van der Waals surface area contributed by atoms with E-state index in [1.54, 1.807) is 23.9 Å². The first-order chi connectivity index (χ1) is 10.6. The van der Waals surface area contributed by atoms with Crippen LogP contribution in [0.4, 0.5) is 0 Å². The molecule has 1 fully saturated rings. The van der Waals surface area contributed by atoms with Crippen LogP contribution in [0.2, 0.25) is 0 Å². The molecule has 0 radical (unpaired) electrons. The molecule has 3 heterocycles. The van der Waals surface area contributed by atoms with Gasteiger partial charge < -0.3 is 10.8 Å². The Labute approximate surface area is 135 Å². The Bertz CT molecular complexity index is 675. The number of carboxylic acid groups (broad SMARTS) is 1. The molecule has 1 unspecified atom stereocenters. The van der Waals surface area contributed by atoms with Crippen LogP contribution in [0.5, 0.6) is 0 Å². The zero-order valence-corrected chi connectivity index (χ0v) is 13.0. The van der Waals surface area contributed by atoms with E-state index in [0.717, 1.165) is 4.90 Å². The van der Waals surface area contributed by atoms with Crippen molar-refractivity contribution >= 4 is 35.4 Å². The summed E-state index contributed by atoms with van der Waals surface area (Å²) in [7, 11) is 0. The number of fused-ring (bicyclic) bond motifs is 1. The van der Waals surface area contributed by atoms with Crippen LogP contribution in [0, 0.1) is 0 Å². The van der Waals surface area contributed by atoms with Crippen LogP contribution in [0.15, 0.2) is 52.2 Å². The molecule has 0 aromatic carbocycles. The number of pyridine rings is 1. The van der Waals surface area contributed by atoms with E-state index in [1.165, 1.54) is 28.4 Å². The van der Waals surface area contributed by atoms with Gasteiger partial charge in [0.15, 0.2) is 0 Å². The van der Waals surface area contributed by atoms with Crippen molar-refractivity contribution in [2.75, 3.05) is 5.75 Å². The van der Waals surface area contributed by atoms with Gasteiger partial charge in [0.25, 0.3) is 0 Å². The highest BCUT2D eigenvalue weighted by atomic mass is 32.2. The number of carbonyl (C=O) groups excluding carboxylic acids is 1. The largest absolute Gasteiger partial charge is 0.477 e. The lowest BCUT2D eigenvalue weighted by atomic mass is 10.0. The highest BCUT2D eigenvalue weighted by molar-refractivity contribution is 8.02. The van der Waals surface area contributed by atoms with Crippen LogP contribution in [0.25, 0.3) is 0 Å². The molecule has 2 atom stereocenters. The minimum atomic E-state index is -1.10. The molecule has 114 valence electrons. The average molecular weight is 335 g/mol. The number of amides is 1. The lowest BCUT2D eigenvalue weighted by molar-refractivity contribution is -0.147. The predicted octanol–water partition coefficient (Wildman–Crippen LogP) is 1.27. The van der Waals surface area contributed by atoms with Gasteiger partial charge in [0.2, 0.25) is 5.91 Å². The normalized spacial score (nSPS) is 24.4. The van der Waals surface area contributed by atoms with Crippen LogP contribution in [-0.2, 0) is 9.59 Å². The van der Waals surface area contributed by atoms with E-state index in [2.05, 4.69) is 4.98 Å². The molecular formula is C14H13N3O3S2. The zero-order chi connectivity index (χ0) is 15.7.